The van der Waals surface area contributed by atoms with Crippen LogP contribution in [0.25, 0.3) is 33.7 Å². The molecule has 0 saturated carbocycles. The minimum atomic E-state index is -4.57. The molecule has 8 heteroatoms. The smallest absolute Gasteiger partial charge is 0.337 e. The lowest BCUT2D eigenvalue weighted by molar-refractivity contribution is -0.136. The van der Waals surface area contributed by atoms with E-state index in [0.717, 1.165) is 17.3 Å². The Balaban J connectivity index is 1.98. The van der Waals surface area contributed by atoms with Gasteiger partial charge in [-0.3, -0.25) is 4.68 Å². The number of aromatic nitrogens is 4. The SMILES string of the molecule is Cc1c(C(C)(C)C)nn(C)c1-c1nc2c(C(F)(F)F)cc(-c3ccccc3Cl)cc2[nH]1. The third-order valence-electron chi connectivity index (χ3n) is 5.30. The van der Waals surface area contributed by atoms with E-state index in [9.17, 15) is 13.2 Å². The number of rotatable bonds is 2. The maximum atomic E-state index is 13.9. The van der Waals surface area contributed by atoms with Gasteiger partial charge in [0.15, 0.2) is 5.82 Å². The Bertz CT molecular complexity index is 1290. The van der Waals surface area contributed by atoms with Crippen molar-refractivity contribution in [2.75, 3.05) is 0 Å². The summed E-state index contributed by atoms with van der Waals surface area (Å²) >= 11 is 6.25. The van der Waals surface area contributed by atoms with Crippen molar-refractivity contribution in [2.45, 2.75) is 39.3 Å². The van der Waals surface area contributed by atoms with Crippen LogP contribution in [0.15, 0.2) is 36.4 Å². The van der Waals surface area contributed by atoms with Gasteiger partial charge in [0.25, 0.3) is 0 Å². The van der Waals surface area contributed by atoms with Gasteiger partial charge in [0, 0.05) is 28.6 Å². The second-order valence-electron chi connectivity index (χ2n) is 8.68. The fourth-order valence-corrected chi connectivity index (χ4v) is 4.21. The second-order valence-corrected chi connectivity index (χ2v) is 9.09. The molecule has 2 aromatic heterocycles. The molecule has 2 aromatic carbocycles. The Morgan fingerprint density at radius 3 is 2.32 bits per heavy atom. The molecule has 0 amide bonds. The lowest BCUT2D eigenvalue weighted by Gasteiger charge is -2.16. The molecule has 0 spiro atoms. The van der Waals surface area contributed by atoms with E-state index in [1.807, 2.05) is 27.7 Å². The Kier molecular flexibility index (Phi) is 4.92. The predicted octanol–water partition coefficient (Wildman–Crippen LogP) is 6.91. The summed E-state index contributed by atoms with van der Waals surface area (Å²) in [5.41, 5.74) is 2.46. The molecular weight excluding hydrogens is 425 g/mol. The summed E-state index contributed by atoms with van der Waals surface area (Å²) in [6.45, 7) is 8.04. The topological polar surface area (TPSA) is 46.5 Å². The number of H-pyrrole nitrogens is 1. The number of hydrogen-bond donors (Lipinski definition) is 1. The van der Waals surface area contributed by atoms with E-state index in [0.29, 0.717) is 27.7 Å². The normalized spacial score (nSPS) is 12.7. The molecular formula is C23H22ClF3N4. The Hall–Kier alpha value is -2.80. The lowest BCUT2D eigenvalue weighted by Crippen LogP contribution is -2.13. The number of imidazole rings is 1. The van der Waals surface area contributed by atoms with Crippen molar-refractivity contribution in [2.24, 2.45) is 7.05 Å². The molecule has 4 nitrogen and oxygen atoms in total. The van der Waals surface area contributed by atoms with Gasteiger partial charge in [-0.25, -0.2) is 4.98 Å². The number of halogens is 4. The first-order valence-corrected chi connectivity index (χ1v) is 10.2. The molecule has 0 saturated heterocycles. The zero-order valence-corrected chi connectivity index (χ0v) is 18.6. The standard InChI is InChI=1S/C23H22ClF3N4/c1-12-19(31(5)30-20(12)22(2,3)4)21-28-17-11-13(14-8-6-7-9-16(14)24)10-15(18(17)29-21)23(25,26)27/h6-11H,1-5H3,(H,28,29). The number of aromatic amines is 1. The van der Waals surface area contributed by atoms with Gasteiger partial charge in [-0.05, 0) is 30.7 Å². The molecule has 0 aliphatic rings. The lowest BCUT2D eigenvalue weighted by atomic mass is 9.89. The molecule has 2 heterocycles. The molecule has 1 N–H and O–H groups in total. The van der Waals surface area contributed by atoms with Crippen molar-refractivity contribution in [3.05, 3.63) is 58.2 Å². The first-order chi connectivity index (χ1) is 14.4. The van der Waals surface area contributed by atoms with Crippen LogP contribution in [-0.2, 0) is 18.6 Å². The molecule has 4 rings (SSSR count). The van der Waals surface area contributed by atoms with Crippen LogP contribution in [0.2, 0.25) is 5.02 Å². The first kappa shape index (κ1) is 21.4. The average molecular weight is 447 g/mol. The average Bonchev–Trinajstić information content (AvgIpc) is 3.20. The summed E-state index contributed by atoms with van der Waals surface area (Å²) in [5, 5.41) is 4.97. The molecule has 162 valence electrons. The zero-order valence-electron chi connectivity index (χ0n) is 17.8. The van der Waals surface area contributed by atoms with E-state index < -0.39 is 11.7 Å². The van der Waals surface area contributed by atoms with Crippen LogP contribution in [0.4, 0.5) is 13.2 Å². The van der Waals surface area contributed by atoms with Crippen molar-refractivity contribution in [3.63, 3.8) is 0 Å². The van der Waals surface area contributed by atoms with Crippen LogP contribution in [0.3, 0.4) is 0 Å². The highest BCUT2D eigenvalue weighted by Crippen LogP contribution is 2.40. The summed E-state index contributed by atoms with van der Waals surface area (Å²) < 4.78 is 43.5. The van der Waals surface area contributed by atoms with Gasteiger partial charge in [0.2, 0.25) is 0 Å². The highest BCUT2D eigenvalue weighted by molar-refractivity contribution is 6.33. The van der Waals surface area contributed by atoms with Crippen molar-refractivity contribution in [1.82, 2.24) is 19.7 Å². The largest absolute Gasteiger partial charge is 0.418 e. The molecule has 0 unspecified atom stereocenters. The third-order valence-corrected chi connectivity index (χ3v) is 5.63. The van der Waals surface area contributed by atoms with Crippen LogP contribution >= 0.6 is 11.6 Å². The van der Waals surface area contributed by atoms with Crippen LogP contribution in [0.5, 0.6) is 0 Å². The highest BCUT2D eigenvalue weighted by atomic mass is 35.5. The molecule has 0 bridgehead atoms. The molecule has 0 atom stereocenters. The van der Waals surface area contributed by atoms with Crippen LogP contribution in [0, 0.1) is 6.92 Å². The fourth-order valence-electron chi connectivity index (χ4n) is 3.97. The number of fused-ring (bicyclic) bond motifs is 1. The van der Waals surface area contributed by atoms with Crippen LogP contribution in [0.1, 0.15) is 37.6 Å². The first-order valence-electron chi connectivity index (χ1n) is 9.78. The number of alkyl halides is 3. The summed E-state index contributed by atoms with van der Waals surface area (Å²) in [5.74, 6) is 0.347. The van der Waals surface area contributed by atoms with Crippen molar-refractivity contribution in [1.29, 1.82) is 0 Å². The number of aryl methyl sites for hydroxylation is 1. The molecule has 4 aromatic rings. The van der Waals surface area contributed by atoms with Crippen molar-refractivity contribution >= 4 is 22.6 Å². The van der Waals surface area contributed by atoms with E-state index >= 15 is 0 Å². The summed E-state index contributed by atoms with van der Waals surface area (Å²) in [7, 11) is 1.77. The van der Waals surface area contributed by atoms with Crippen LogP contribution in [-0.4, -0.2) is 19.7 Å². The maximum Gasteiger partial charge on any atom is 0.418 e. The van der Waals surface area contributed by atoms with Crippen molar-refractivity contribution < 1.29 is 13.2 Å². The summed E-state index contributed by atoms with van der Waals surface area (Å²) in [4.78, 5) is 7.44. The Labute approximate surface area is 183 Å². The van der Waals surface area contributed by atoms with E-state index in [1.165, 1.54) is 0 Å². The minimum Gasteiger partial charge on any atom is -0.337 e. The minimum absolute atomic E-state index is 0.129. The third kappa shape index (κ3) is 3.71. The van der Waals surface area contributed by atoms with Gasteiger partial charge < -0.3 is 4.98 Å². The molecule has 31 heavy (non-hydrogen) atoms. The van der Waals surface area contributed by atoms with Gasteiger partial charge in [-0.2, -0.15) is 18.3 Å². The van der Waals surface area contributed by atoms with E-state index in [2.05, 4.69) is 15.1 Å². The number of nitrogens with zero attached hydrogens (tertiary/aromatic N) is 3. The number of benzene rings is 2. The molecule has 0 aliphatic heterocycles. The number of nitrogens with one attached hydrogen (secondary N) is 1. The van der Waals surface area contributed by atoms with Crippen LogP contribution < -0.4 is 0 Å². The monoisotopic (exact) mass is 446 g/mol. The number of hydrogen-bond acceptors (Lipinski definition) is 2. The Morgan fingerprint density at radius 1 is 1.06 bits per heavy atom. The van der Waals surface area contributed by atoms with Crippen molar-refractivity contribution in [3.8, 4) is 22.6 Å². The van der Waals surface area contributed by atoms with Gasteiger partial charge in [-0.1, -0.05) is 50.6 Å². The zero-order chi connectivity index (χ0) is 22.7. The molecule has 0 fully saturated rings. The quantitative estimate of drug-likeness (QED) is 0.363. The van der Waals surface area contributed by atoms with Gasteiger partial charge >= 0.3 is 6.18 Å². The van der Waals surface area contributed by atoms with Gasteiger partial charge in [0.05, 0.1) is 16.8 Å². The summed E-state index contributed by atoms with van der Waals surface area (Å²) in [6.07, 6.45) is -4.57. The highest BCUT2D eigenvalue weighted by Gasteiger charge is 2.35. The van der Waals surface area contributed by atoms with E-state index in [4.69, 9.17) is 11.6 Å². The second kappa shape index (κ2) is 7.12. The summed E-state index contributed by atoms with van der Waals surface area (Å²) in [6, 6.07) is 9.58. The predicted molar refractivity (Wildman–Crippen MR) is 117 cm³/mol. The van der Waals surface area contributed by atoms with Gasteiger partial charge in [0.1, 0.15) is 11.2 Å². The van der Waals surface area contributed by atoms with E-state index in [1.54, 1.807) is 42.1 Å². The maximum absolute atomic E-state index is 13.9. The Morgan fingerprint density at radius 2 is 1.74 bits per heavy atom. The molecule has 0 aliphatic carbocycles. The fraction of sp³-hybridized carbons (Fsp3) is 0.304. The van der Waals surface area contributed by atoms with Gasteiger partial charge in [-0.15, -0.1) is 0 Å². The van der Waals surface area contributed by atoms with E-state index in [-0.39, 0.29) is 16.4 Å². The molecule has 0 radical (unpaired) electrons.